The van der Waals surface area contributed by atoms with Crippen LogP contribution < -0.4 is 5.32 Å². The van der Waals surface area contributed by atoms with Gasteiger partial charge in [-0.15, -0.1) is 0 Å². The van der Waals surface area contributed by atoms with Gasteiger partial charge in [0.05, 0.1) is 24.6 Å². The van der Waals surface area contributed by atoms with E-state index in [1.54, 1.807) is 13.4 Å². The van der Waals surface area contributed by atoms with Crippen LogP contribution in [0.15, 0.2) is 6.33 Å². The fraction of sp³-hybridized carbons (Fsp3) is 0.556. The van der Waals surface area contributed by atoms with Gasteiger partial charge in [0.15, 0.2) is 0 Å². The number of aryl methyl sites for hydroxylation is 1. The molecular formula is C9H14N4. The van der Waals surface area contributed by atoms with E-state index >= 15 is 0 Å². The Morgan fingerprint density at radius 3 is 2.77 bits per heavy atom. The summed E-state index contributed by atoms with van der Waals surface area (Å²) in [7, 11) is 1.78. The van der Waals surface area contributed by atoms with E-state index < -0.39 is 0 Å². The van der Waals surface area contributed by atoms with E-state index in [-0.39, 0.29) is 6.04 Å². The first-order valence-corrected chi connectivity index (χ1v) is 4.24. The molecule has 0 aromatic carbocycles. The van der Waals surface area contributed by atoms with Gasteiger partial charge in [0.2, 0.25) is 0 Å². The molecule has 1 aromatic heterocycles. The molecule has 4 nitrogen and oxygen atoms in total. The first kappa shape index (κ1) is 9.75. The molecule has 0 aliphatic rings. The quantitative estimate of drug-likeness (QED) is 0.738. The van der Waals surface area contributed by atoms with Crippen LogP contribution in [0.1, 0.15) is 11.4 Å². The van der Waals surface area contributed by atoms with Crippen LogP contribution in [0.2, 0.25) is 0 Å². The van der Waals surface area contributed by atoms with Crippen molar-refractivity contribution in [2.24, 2.45) is 0 Å². The molecule has 0 saturated carbocycles. The molecule has 0 spiro atoms. The van der Waals surface area contributed by atoms with Crippen LogP contribution in [-0.2, 0) is 6.54 Å². The minimum atomic E-state index is -0.146. The third-order valence-electron chi connectivity index (χ3n) is 2.23. The van der Waals surface area contributed by atoms with Gasteiger partial charge < -0.3 is 9.88 Å². The molecule has 13 heavy (non-hydrogen) atoms. The van der Waals surface area contributed by atoms with Crippen molar-refractivity contribution in [1.82, 2.24) is 14.9 Å². The molecule has 4 heteroatoms. The minimum Gasteiger partial charge on any atom is -0.332 e. The normalized spacial score (nSPS) is 12.5. The van der Waals surface area contributed by atoms with Crippen molar-refractivity contribution in [3.63, 3.8) is 0 Å². The number of nitriles is 1. The summed E-state index contributed by atoms with van der Waals surface area (Å²) in [5, 5.41) is 11.7. The second-order valence-electron chi connectivity index (χ2n) is 3.04. The molecule has 0 amide bonds. The molecule has 1 heterocycles. The lowest BCUT2D eigenvalue weighted by molar-refractivity contribution is 0.555. The van der Waals surface area contributed by atoms with Gasteiger partial charge in [0.25, 0.3) is 0 Å². The molecule has 0 saturated heterocycles. The van der Waals surface area contributed by atoms with Crippen LogP contribution in [0.3, 0.4) is 0 Å². The molecule has 1 aromatic rings. The van der Waals surface area contributed by atoms with E-state index in [0.29, 0.717) is 6.54 Å². The van der Waals surface area contributed by atoms with Crippen LogP contribution in [0.4, 0.5) is 0 Å². The highest BCUT2D eigenvalue weighted by molar-refractivity contribution is 5.09. The summed E-state index contributed by atoms with van der Waals surface area (Å²) < 4.78 is 1.99. The van der Waals surface area contributed by atoms with Crippen LogP contribution >= 0.6 is 0 Å². The van der Waals surface area contributed by atoms with Gasteiger partial charge >= 0.3 is 0 Å². The lowest BCUT2D eigenvalue weighted by atomic mass is 10.3. The molecule has 70 valence electrons. The topological polar surface area (TPSA) is 53.6 Å². The Bertz CT molecular complexity index is 321. The number of hydrogen-bond donors (Lipinski definition) is 1. The molecule has 0 bridgehead atoms. The summed E-state index contributed by atoms with van der Waals surface area (Å²) >= 11 is 0. The van der Waals surface area contributed by atoms with Crippen molar-refractivity contribution < 1.29 is 0 Å². The fourth-order valence-corrected chi connectivity index (χ4v) is 1.12. The average molecular weight is 178 g/mol. The maximum atomic E-state index is 8.74. The van der Waals surface area contributed by atoms with E-state index in [2.05, 4.69) is 16.4 Å². The third-order valence-corrected chi connectivity index (χ3v) is 2.23. The summed E-state index contributed by atoms with van der Waals surface area (Å²) in [6, 6.07) is 2.03. The second-order valence-corrected chi connectivity index (χ2v) is 3.04. The maximum Gasteiger partial charge on any atom is 0.113 e. The Morgan fingerprint density at radius 2 is 2.38 bits per heavy atom. The number of likely N-dealkylation sites (N-methyl/N-ethyl adjacent to an activating group) is 1. The molecule has 1 rings (SSSR count). The molecule has 0 radical (unpaired) electrons. The largest absolute Gasteiger partial charge is 0.332 e. The SMILES string of the molecule is CNC(C#N)Cn1cnc(C)c1C. The Kier molecular flexibility index (Phi) is 3.04. The van der Waals surface area contributed by atoms with Gasteiger partial charge in [0, 0.05) is 5.69 Å². The van der Waals surface area contributed by atoms with E-state index in [1.807, 2.05) is 18.4 Å². The van der Waals surface area contributed by atoms with Gasteiger partial charge in [-0.2, -0.15) is 5.26 Å². The van der Waals surface area contributed by atoms with Crippen molar-refractivity contribution in [2.45, 2.75) is 26.4 Å². The summed E-state index contributed by atoms with van der Waals surface area (Å²) in [6.07, 6.45) is 1.77. The Labute approximate surface area is 78.2 Å². The zero-order chi connectivity index (χ0) is 9.84. The zero-order valence-electron chi connectivity index (χ0n) is 8.20. The van der Waals surface area contributed by atoms with Crippen molar-refractivity contribution in [3.05, 3.63) is 17.7 Å². The number of nitrogens with one attached hydrogen (secondary N) is 1. The molecular weight excluding hydrogens is 164 g/mol. The first-order chi connectivity index (χ1) is 6.19. The fourth-order valence-electron chi connectivity index (χ4n) is 1.12. The summed E-state index contributed by atoms with van der Waals surface area (Å²) in [4.78, 5) is 4.16. The number of nitrogens with zero attached hydrogens (tertiary/aromatic N) is 3. The highest BCUT2D eigenvalue weighted by atomic mass is 15.1. The van der Waals surface area contributed by atoms with Crippen LogP contribution in [-0.4, -0.2) is 22.6 Å². The average Bonchev–Trinajstić information content (AvgIpc) is 2.45. The van der Waals surface area contributed by atoms with Crippen LogP contribution in [0.5, 0.6) is 0 Å². The van der Waals surface area contributed by atoms with Crippen molar-refractivity contribution in [3.8, 4) is 6.07 Å². The lowest BCUT2D eigenvalue weighted by Gasteiger charge is -2.09. The molecule has 1 atom stereocenters. The Morgan fingerprint density at radius 1 is 1.69 bits per heavy atom. The van der Waals surface area contributed by atoms with E-state index in [1.165, 1.54) is 0 Å². The lowest BCUT2D eigenvalue weighted by Crippen LogP contribution is -2.28. The van der Waals surface area contributed by atoms with Gasteiger partial charge in [-0.1, -0.05) is 0 Å². The second kappa shape index (κ2) is 4.06. The molecule has 0 aliphatic carbocycles. The highest BCUT2D eigenvalue weighted by Gasteiger charge is 2.07. The molecule has 1 unspecified atom stereocenters. The zero-order valence-corrected chi connectivity index (χ0v) is 8.20. The van der Waals surface area contributed by atoms with Gasteiger partial charge in [-0.05, 0) is 20.9 Å². The standard InChI is InChI=1S/C9H14N4/c1-7-8(2)13(6-12-7)5-9(4-10)11-3/h6,9,11H,5H2,1-3H3. The monoisotopic (exact) mass is 178 g/mol. The summed E-state index contributed by atoms with van der Waals surface area (Å²) in [6.45, 7) is 4.62. The summed E-state index contributed by atoms with van der Waals surface area (Å²) in [5.41, 5.74) is 2.14. The van der Waals surface area contributed by atoms with Crippen LogP contribution in [0.25, 0.3) is 0 Å². The van der Waals surface area contributed by atoms with Crippen molar-refractivity contribution in [1.29, 1.82) is 5.26 Å². The third kappa shape index (κ3) is 2.07. The predicted octanol–water partition coefficient (Wildman–Crippen LogP) is 0.612. The smallest absolute Gasteiger partial charge is 0.113 e. The molecule has 0 aliphatic heterocycles. The van der Waals surface area contributed by atoms with E-state index in [0.717, 1.165) is 11.4 Å². The highest BCUT2D eigenvalue weighted by Crippen LogP contribution is 2.04. The maximum absolute atomic E-state index is 8.74. The van der Waals surface area contributed by atoms with Gasteiger partial charge in [-0.25, -0.2) is 4.98 Å². The van der Waals surface area contributed by atoms with E-state index in [4.69, 9.17) is 5.26 Å². The number of aromatic nitrogens is 2. The van der Waals surface area contributed by atoms with Gasteiger partial charge in [0.1, 0.15) is 6.04 Å². The van der Waals surface area contributed by atoms with E-state index in [9.17, 15) is 0 Å². The molecule has 1 N–H and O–H groups in total. The van der Waals surface area contributed by atoms with Crippen LogP contribution in [0, 0.1) is 25.2 Å². The van der Waals surface area contributed by atoms with Crippen molar-refractivity contribution in [2.75, 3.05) is 7.05 Å². The first-order valence-electron chi connectivity index (χ1n) is 4.24. The number of hydrogen-bond acceptors (Lipinski definition) is 3. The Hall–Kier alpha value is -1.34. The number of imidazole rings is 1. The molecule has 0 fully saturated rings. The minimum absolute atomic E-state index is 0.146. The van der Waals surface area contributed by atoms with Gasteiger partial charge in [-0.3, -0.25) is 0 Å². The Balaban J connectivity index is 2.75. The summed E-state index contributed by atoms with van der Waals surface area (Å²) in [5.74, 6) is 0. The number of rotatable bonds is 3. The van der Waals surface area contributed by atoms with Crippen molar-refractivity contribution >= 4 is 0 Å². The predicted molar refractivity (Wildman–Crippen MR) is 50.2 cm³/mol.